The van der Waals surface area contributed by atoms with Crippen molar-refractivity contribution in [2.75, 3.05) is 26.7 Å². The van der Waals surface area contributed by atoms with Gasteiger partial charge >= 0.3 is 0 Å². The summed E-state index contributed by atoms with van der Waals surface area (Å²) in [6, 6.07) is 1.60. The fourth-order valence-electron chi connectivity index (χ4n) is 2.46. The molecule has 106 valence electrons. The number of nitrogens with zero attached hydrogens (tertiary/aromatic N) is 1. The zero-order chi connectivity index (χ0) is 13.8. The van der Waals surface area contributed by atoms with Crippen LogP contribution in [0.5, 0.6) is 0 Å². The number of rotatable bonds is 4. The molecule has 0 radical (unpaired) electrons. The van der Waals surface area contributed by atoms with Gasteiger partial charge in [0, 0.05) is 13.1 Å². The maximum Gasteiger partial charge on any atom is 0.270 e. The van der Waals surface area contributed by atoms with E-state index in [2.05, 4.69) is 10.3 Å². The summed E-state index contributed by atoms with van der Waals surface area (Å²) >= 11 is 11.7. The second-order valence-electron chi connectivity index (χ2n) is 4.97. The molecule has 0 spiro atoms. The van der Waals surface area contributed by atoms with E-state index < -0.39 is 0 Å². The van der Waals surface area contributed by atoms with Crippen LogP contribution in [-0.4, -0.2) is 42.5 Å². The highest BCUT2D eigenvalue weighted by atomic mass is 35.5. The maximum absolute atomic E-state index is 12.3. The van der Waals surface area contributed by atoms with Crippen molar-refractivity contribution in [3.8, 4) is 0 Å². The Morgan fingerprint density at radius 1 is 1.47 bits per heavy atom. The molecule has 19 heavy (non-hydrogen) atoms. The third-order valence-corrected chi connectivity index (χ3v) is 4.35. The van der Waals surface area contributed by atoms with E-state index >= 15 is 0 Å². The van der Waals surface area contributed by atoms with Gasteiger partial charge in [0.1, 0.15) is 10.8 Å². The Bertz CT molecular complexity index is 420. The van der Waals surface area contributed by atoms with E-state index in [9.17, 15) is 4.79 Å². The average Bonchev–Trinajstić information content (AvgIpc) is 2.76. The van der Waals surface area contributed by atoms with Crippen molar-refractivity contribution >= 4 is 29.1 Å². The Balaban J connectivity index is 1.89. The topological polar surface area (TPSA) is 48.1 Å². The lowest BCUT2D eigenvalue weighted by atomic mass is 9.93. The molecule has 6 heteroatoms. The van der Waals surface area contributed by atoms with Gasteiger partial charge in [0.25, 0.3) is 5.91 Å². The molecule has 0 unspecified atom stereocenters. The van der Waals surface area contributed by atoms with Gasteiger partial charge in [-0.1, -0.05) is 23.2 Å². The van der Waals surface area contributed by atoms with Crippen molar-refractivity contribution in [1.82, 2.24) is 15.2 Å². The number of hydrogen-bond donors (Lipinski definition) is 2. The number of aromatic nitrogens is 1. The monoisotopic (exact) mass is 303 g/mol. The molecule has 0 aliphatic carbocycles. The molecule has 1 fully saturated rings. The number of halogens is 2. The third kappa shape index (κ3) is 3.65. The molecular weight excluding hydrogens is 285 g/mol. The van der Waals surface area contributed by atoms with Crippen LogP contribution < -0.4 is 5.32 Å². The minimum Gasteiger partial charge on any atom is -0.340 e. The van der Waals surface area contributed by atoms with Crippen LogP contribution in [0.15, 0.2) is 6.07 Å². The predicted molar refractivity (Wildman–Crippen MR) is 78.0 cm³/mol. The number of carbonyl (C=O) groups is 1. The third-order valence-electron chi connectivity index (χ3n) is 3.66. The van der Waals surface area contributed by atoms with E-state index in [1.54, 1.807) is 6.07 Å². The van der Waals surface area contributed by atoms with Crippen LogP contribution in [0.2, 0.25) is 10.2 Å². The molecular formula is C13H19Cl2N3O. The van der Waals surface area contributed by atoms with E-state index in [0.29, 0.717) is 21.8 Å². The molecule has 2 N–H and O–H groups in total. The summed E-state index contributed by atoms with van der Waals surface area (Å²) in [4.78, 5) is 16.9. The van der Waals surface area contributed by atoms with Gasteiger partial charge in [0.2, 0.25) is 0 Å². The quantitative estimate of drug-likeness (QED) is 0.898. The standard InChI is InChI=1S/C13H19Cl2N3O/c1-16-5-2-9-3-6-18(7-4-9)13(19)11-8-10(14)12(15)17-11/h8-9,16-17H,2-7H2,1H3. The minimum absolute atomic E-state index is 0.0131. The van der Waals surface area contributed by atoms with Gasteiger partial charge < -0.3 is 15.2 Å². The highest BCUT2D eigenvalue weighted by Crippen LogP contribution is 2.25. The largest absolute Gasteiger partial charge is 0.340 e. The number of nitrogens with one attached hydrogen (secondary N) is 2. The Labute approximate surface area is 123 Å². The number of H-pyrrole nitrogens is 1. The van der Waals surface area contributed by atoms with Gasteiger partial charge in [0.15, 0.2) is 0 Å². The van der Waals surface area contributed by atoms with Crippen LogP contribution in [0.3, 0.4) is 0 Å². The molecule has 1 aromatic rings. The molecule has 0 bridgehead atoms. The van der Waals surface area contributed by atoms with Crippen molar-refractivity contribution in [1.29, 1.82) is 0 Å². The molecule has 2 heterocycles. The molecule has 1 saturated heterocycles. The molecule has 2 rings (SSSR count). The first-order chi connectivity index (χ1) is 9.11. The van der Waals surface area contributed by atoms with E-state index in [0.717, 1.165) is 32.5 Å². The SMILES string of the molecule is CNCCC1CCN(C(=O)c2cc(Cl)c(Cl)[nH]2)CC1. The molecule has 0 atom stereocenters. The summed E-state index contributed by atoms with van der Waals surface area (Å²) in [5.41, 5.74) is 0.476. The normalized spacial score (nSPS) is 16.9. The lowest BCUT2D eigenvalue weighted by Crippen LogP contribution is -2.39. The average molecular weight is 304 g/mol. The van der Waals surface area contributed by atoms with Crippen LogP contribution in [0, 0.1) is 5.92 Å². The fourth-order valence-corrected chi connectivity index (χ4v) is 2.78. The van der Waals surface area contributed by atoms with Gasteiger partial charge in [-0.2, -0.15) is 0 Å². The molecule has 1 aromatic heterocycles. The van der Waals surface area contributed by atoms with Gasteiger partial charge in [-0.25, -0.2) is 0 Å². The summed E-state index contributed by atoms with van der Waals surface area (Å²) in [6.07, 6.45) is 3.31. The zero-order valence-corrected chi connectivity index (χ0v) is 12.5. The Kier molecular flexibility index (Phi) is 5.13. The summed E-state index contributed by atoms with van der Waals surface area (Å²) < 4.78 is 0. The van der Waals surface area contributed by atoms with Crippen molar-refractivity contribution < 1.29 is 4.79 Å². The summed E-state index contributed by atoms with van der Waals surface area (Å²) in [5, 5.41) is 3.89. The van der Waals surface area contributed by atoms with Gasteiger partial charge in [0.05, 0.1) is 5.02 Å². The molecule has 1 amide bonds. The van der Waals surface area contributed by atoms with Crippen molar-refractivity contribution in [3.63, 3.8) is 0 Å². The van der Waals surface area contributed by atoms with Gasteiger partial charge in [-0.05, 0) is 44.8 Å². The van der Waals surface area contributed by atoms with E-state index in [4.69, 9.17) is 23.2 Å². The van der Waals surface area contributed by atoms with E-state index in [-0.39, 0.29) is 5.91 Å². The smallest absolute Gasteiger partial charge is 0.270 e. The number of carbonyl (C=O) groups excluding carboxylic acids is 1. The predicted octanol–water partition coefficient (Wildman–Crippen LogP) is 2.78. The van der Waals surface area contributed by atoms with Gasteiger partial charge in [-0.15, -0.1) is 0 Å². The molecule has 0 saturated carbocycles. The Morgan fingerprint density at radius 3 is 2.68 bits per heavy atom. The van der Waals surface area contributed by atoms with Crippen LogP contribution in [0.25, 0.3) is 0 Å². The number of piperidine rings is 1. The second-order valence-corrected chi connectivity index (χ2v) is 5.76. The van der Waals surface area contributed by atoms with Crippen molar-refractivity contribution in [2.45, 2.75) is 19.3 Å². The van der Waals surface area contributed by atoms with Crippen LogP contribution >= 0.6 is 23.2 Å². The number of aromatic amines is 1. The molecule has 4 nitrogen and oxygen atoms in total. The fraction of sp³-hybridized carbons (Fsp3) is 0.615. The van der Waals surface area contributed by atoms with Crippen molar-refractivity contribution in [2.24, 2.45) is 5.92 Å². The Morgan fingerprint density at radius 2 is 2.16 bits per heavy atom. The summed E-state index contributed by atoms with van der Waals surface area (Å²) in [5.74, 6) is 0.702. The summed E-state index contributed by atoms with van der Waals surface area (Å²) in [7, 11) is 1.97. The second kappa shape index (κ2) is 6.64. The molecule has 1 aliphatic heterocycles. The number of amides is 1. The lowest BCUT2D eigenvalue weighted by molar-refractivity contribution is 0.0682. The first kappa shape index (κ1) is 14.7. The van der Waals surface area contributed by atoms with E-state index in [1.807, 2.05) is 11.9 Å². The van der Waals surface area contributed by atoms with Gasteiger partial charge in [-0.3, -0.25) is 4.79 Å². The summed E-state index contributed by atoms with van der Waals surface area (Å²) in [6.45, 7) is 2.66. The number of hydrogen-bond acceptors (Lipinski definition) is 2. The van der Waals surface area contributed by atoms with E-state index in [1.165, 1.54) is 6.42 Å². The zero-order valence-electron chi connectivity index (χ0n) is 11.0. The maximum atomic E-state index is 12.3. The highest BCUT2D eigenvalue weighted by Gasteiger charge is 2.24. The first-order valence-corrected chi connectivity index (χ1v) is 7.35. The van der Waals surface area contributed by atoms with Crippen LogP contribution in [0.4, 0.5) is 0 Å². The van der Waals surface area contributed by atoms with Crippen molar-refractivity contribution in [3.05, 3.63) is 21.9 Å². The van der Waals surface area contributed by atoms with Crippen LogP contribution in [-0.2, 0) is 0 Å². The first-order valence-electron chi connectivity index (χ1n) is 6.59. The molecule has 1 aliphatic rings. The molecule has 0 aromatic carbocycles. The Hall–Kier alpha value is -0.710. The lowest BCUT2D eigenvalue weighted by Gasteiger charge is -2.31. The highest BCUT2D eigenvalue weighted by molar-refractivity contribution is 6.41. The van der Waals surface area contributed by atoms with Crippen LogP contribution in [0.1, 0.15) is 29.8 Å². The minimum atomic E-state index is -0.0131. The number of likely N-dealkylation sites (tertiary alicyclic amines) is 1.